The summed E-state index contributed by atoms with van der Waals surface area (Å²) in [6.07, 6.45) is 26.0. The smallest absolute Gasteiger partial charge is 0.0689 e. The van der Waals surface area contributed by atoms with Crippen LogP contribution in [0.3, 0.4) is 0 Å². The van der Waals surface area contributed by atoms with Crippen molar-refractivity contribution in [2.75, 3.05) is 0 Å². The average molecular weight is 374 g/mol. The molecular formula is C26H47N. The summed E-state index contributed by atoms with van der Waals surface area (Å²) in [5, 5.41) is 9.88. The SMILES string of the molecule is CCCCCCCCCC[C@]1(C#N)CC[C@@H](C2CCC(CCC)CC2)CC1. The summed E-state index contributed by atoms with van der Waals surface area (Å²) in [6.45, 7) is 4.62. The second-order valence-electron chi connectivity index (χ2n) is 10.0. The molecule has 0 atom stereocenters. The predicted octanol–water partition coefficient (Wildman–Crippen LogP) is 8.82. The average Bonchev–Trinajstić information content (AvgIpc) is 2.71. The number of nitriles is 1. The Hall–Kier alpha value is -0.510. The summed E-state index contributed by atoms with van der Waals surface area (Å²) in [5.74, 6) is 2.94. The van der Waals surface area contributed by atoms with Crippen LogP contribution in [0, 0.1) is 34.5 Å². The topological polar surface area (TPSA) is 23.8 Å². The highest BCUT2D eigenvalue weighted by Gasteiger charge is 2.38. The third-order valence-corrected chi connectivity index (χ3v) is 7.99. The summed E-state index contributed by atoms with van der Waals surface area (Å²) in [4.78, 5) is 0. The molecule has 0 aromatic heterocycles. The summed E-state index contributed by atoms with van der Waals surface area (Å²) in [5.41, 5.74) is 0.0398. The minimum absolute atomic E-state index is 0.0398. The van der Waals surface area contributed by atoms with Gasteiger partial charge in [0.05, 0.1) is 11.5 Å². The fourth-order valence-corrected chi connectivity index (χ4v) is 6.04. The molecule has 2 aliphatic carbocycles. The first-order chi connectivity index (χ1) is 13.2. The lowest BCUT2D eigenvalue weighted by Crippen LogP contribution is -2.31. The van der Waals surface area contributed by atoms with Gasteiger partial charge in [-0.05, 0) is 62.7 Å². The largest absolute Gasteiger partial charge is 0.198 e. The first kappa shape index (κ1) is 22.8. The Balaban J connectivity index is 1.61. The van der Waals surface area contributed by atoms with Crippen molar-refractivity contribution in [3.05, 3.63) is 0 Å². The van der Waals surface area contributed by atoms with Gasteiger partial charge in [0.1, 0.15) is 0 Å². The molecular weight excluding hydrogens is 326 g/mol. The van der Waals surface area contributed by atoms with E-state index in [-0.39, 0.29) is 5.41 Å². The summed E-state index contributed by atoms with van der Waals surface area (Å²) >= 11 is 0. The fourth-order valence-electron chi connectivity index (χ4n) is 6.04. The van der Waals surface area contributed by atoms with Crippen LogP contribution in [0.5, 0.6) is 0 Å². The van der Waals surface area contributed by atoms with Gasteiger partial charge in [0.15, 0.2) is 0 Å². The molecule has 0 aliphatic heterocycles. The number of hydrogen-bond acceptors (Lipinski definition) is 1. The van der Waals surface area contributed by atoms with Gasteiger partial charge < -0.3 is 0 Å². The zero-order valence-corrected chi connectivity index (χ0v) is 18.6. The van der Waals surface area contributed by atoms with Crippen LogP contribution in [0.15, 0.2) is 0 Å². The van der Waals surface area contributed by atoms with E-state index in [1.807, 2.05) is 0 Å². The van der Waals surface area contributed by atoms with E-state index < -0.39 is 0 Å². The van der Waals surface area contributed by atoms with Crippen molar-refractivity contribution in [1.29, 1.82) is 5.26 Å². The maximum absolute atomic E-state index is 9.88. The monoisotopic (exact) mass is 373 g/mol. The second kappa shape index (κ2) is 12.9. The van der Waals surface area contributed by atoms with Gasteiger partial charge in [-0.3, -0.25) is 0 Å². The van der Waals surface area contributed by atoms with Crippen LogP contribution in [-0.4, -0.2) is 0 Å². The first-order valence-corrected chi connectivity index (χ1v) is 12.6. The first-order valence-electron chi connectivity index (χ1n) is 12.6. The molecule has 27 heavy (non-hydrogen) atoms. The number of rotatable bonds is 12. The van der Waals surface area contributed by atoms with Gasteiger partial charge in [-0.2, -0.15) is 5.26 Å². The Morgan fingerprint density at radius 3 is 1.81 bits per heavy atom. The zero-order valence-electron chi connectivity index (χ0n) is 18.6. The summed E-state index contributed by atoms with van der Waals surface area (Å²) in [6, 6.07) is 2.78. The lowest BCUT2D eigenvalue weighted by molar-refractivity contribution is 0.115. The minimum atomic E-state index is 0.0398. The van der Waals surface area contributed by atoms with Crippen molar-refractivity contribution in [1.82, 2.24) is 0 Å². The Morgan fingerprint density at radius 1 is 0.704 bits per heavy atom. The third kappa shape index (κ3) is 7.79. The van der Waals surface area contributed by atoms with Crippen LogP contribution in [0.25, 0.3) is 0 Å². The molecule has 156 valence electrons. The van der Waals surface area contributed by atoms with Crippen molar-refractivity contribution in [2.24, 2.45) is 23.2 Å². The van der Waals surface area contributed by atoms with E-state index in [2.05, 4.69) is 19.9 Å². The van der Waals surface area contributed by atoms with Crippen LogP contribution in [0.1, 0.15) is 136 Å². The normalized spacial score (nSPS) is 31.5. The molecule has 0 N–H and O–H groups in total. The van der Waals surface area contributed by atoms with Crippen LogP contribution in [0.4, 0.5) is 0 Å². The summed E-state index contributed by atoms with van der Waals surface area (Å²) < 4.78 is 0. The molecule has 2 fully saturated rings. The Labute approximate surface area is 170 Å². The molecule has 0 bridgehead atoms. The fraction of sp³-hybridized carbons (Fsp3) is 0.962. The lowest BCUT2D eigenvalue weighted by atomic mass is 9.63. The van der Waals surface area contributed by atoms with Crippen LogP contribution in [-0.2, 0) is 0 Å². The van der Waals surface area contributed by atoms with E-state index in [1.165, 1.54) is 122 Å². The van der Waals surface area contributed by atoms with E-state index >= 15 is 0 Å². The number of hydrogen-bond donors (Lipinski definition) is 0. The van der Waals surface area contributed by atoms with Crippen molar-refractivity contribution < 1.29 is 0 Å². The van der Waals surface area contributed by atoms with Gasteiger partial charge in [-0.1, -0.05) is 90.9 Å². The van der Waals surface area contributed by atoms with E-state index in [9.17, 15) is 5.26 Å². The number of nitrogens with zero attached hydrogens (tertiary/aromatic N) is 1. The molecule has 1 heteroatoms. The molecule has 2 aliphatic rings. The van der Waals surface area contributed by atoms with Gasteiger partial charge in [-0.25, -0.2) is 0 Å². The van der Waals surface area contributed by atoms with Crippen LogP contribution < -0.4 is 0 Å². The molecule has 1 nitrogen and oxygen atoms in total. The molecule has 2 rings (SSSR count). The van der Waals surface area contributed by atoms with Crippen molar-refractivity contribution in [2.45, 2.75) is 136 Å². The van der Waals surface area contributed by atoms with Crippen LogP contribution >= 0.6 is 0 Å². The van der Waals surface area contributed by atoms with E-state index in [0.717, 1.165) is 17.8 Å². The van der Waals surface area contributed by atoms with E-state index in [4.69, 9.17) is 0 Å². The van der Waals surface area contributed by atoms with Crippen molar-refractivity contribution in [3.8, 4) is 6.07 Å². The molecule has 2 saturated carbocycles. The molecule has 0 amide bonds. The highest BCUT2D eigenvalue weighted by molar-refractivity contribution is 5.02. The molecule has 0 heterocycles. The van der Waals surface area contributed by atoms with Crippen molar-refractivity contribution >= 4 is 0 Å². The molecule has 0 aromatic rings. The molecule has 0 spiro atoms. The third-order valence-electron chi connectivity index (χ3n) is 7.99. The Morgan fingerprint density at radius 2 is 1.26 bits per heavy atom. The quantitative estimate of drug-likeness (QED) is 0.313. The molecule has 0 aromatic carbocycles. The maximum atomic E-state index is 9.88. The van der Waals surface area contributed by atoms with Gasteiger partial charge in [-0.15, -0.1) is 0 Å². The Bertz CT molecular complexity index is 404. The predicted molar refractivity (Wildman–Crippen MR) is 118 cm³/mol. The van der Waals surface area contributed by atoms with Crippen LogP contribution in [0.2, 0.25) is 0 Å². The summed E-state index contributed by atoms with van der Waals surface area (Å²) in [7, 11) is 0. The van der Waals surface area contributed by atoms with Gasteiger partial charge >= 0.3 is 0 Å². The van der Waals surface area contributed by atoms with E-state index in [0.29, 0.717) is 0 Å². The standard InChI is InChI=1S/C26H47N/c1-3-5-6-7-8-9-10-11-19-26(22-27)20-17-25(18-21-26)24-15-13-23(12-4-2)14-16-24/h23-25H,3-21H2,1-2H3/t23?,24?,25-,26+. The highest BCUT2D eigenvalue weighted by Crippen LogP contribution is 2.47. The maximum Gasteiger partial charge on any atom is 0.0689 e. The molecule has 0 unspecified atom stereocenters. The lowest BCUT2D eigenvalue weighted by Gasteiger charge is -2.41. The second-order valence-corrected chi connectivity index (χ2v) is 10.0. The van der Waals surface area contributed by atoms with E-state index in [1.54, 1.807) is 0 Å². The highest BCUT2D eigenvalue weighted by atomic mass is 14.4. The molecule has 0 radical (unpaired) electrons. The van der Waals surface area contributed by atoms with Crippen molar-refractivity contribution in [3.63, 3.8) is 0 Å². The zero-order chi connectivity index (χ0) is 19.4. The van der Waals surface area contributed by atoms with Gasteiger partial charge in [0, 0.05) is 0 Å². The minimum Gasteiger partial charge on any atom is -0.198 e. The number of unbranched alkanes of at least 4 members (excludes halogenated alkanes) is 7. The van der Waals surface area contributed by atoms with Gasteiger partial charge in [0.2, 0.25) is 0 Å². The Kier molecular flexibility index (Phi) is 10.8. The molecule has 0 saturated heterocycles. The van der Waals surface area contributed by atoms with Gasteiger partial charge in [0.25, 0.3) is 0 Å².